The van der Waals surface area contributed by atoms with Gasteiger partial charge in [-0.05, 0) is 12.1 Å². The second-order valence-corrected chi connectivity index (χ2v) is 6.96. The molecule has 0 aromatic carbocycles. The molecule has 0 aliphatic heterocycles. The van der Waals surface area contributed by atoms with Gasteiger partial charge in [0, 0.05) is 54.1 Å². The quantitative estimate of drug-likeness (QED) is 0.647. The van der Waals surface area contributed by atoms with Gasteiger partial charge >= 0.3 is 0 Å². The Morgan fingerprint density at radius 3 is 2.48 bits per heavy atom. The van der Waals surface area contributed by atoms with Crippen molar-refractivity contribution in [3.8, 4) is 0 Å². The minimum absolute atomic E-state index is 0.197. The monoisotopic (exact) mass is 316 g/mol. The van der Waals surface area contributed by atoms with Crippen molar-refractivity contribution in [3.05, 3.63) is 18.3 Å². The van der Waals surface area contributed by atoms with Gasteiger partial charge in [-0.1, -0.05) is 0 Å². The van der Waals surface area contributed by atoms with E-state index in [4.69, 9.17) is 4.74 Å². The summed E-state index contributed by atoms with van der Waals surface area (Å²) < 4.78 is 30.0. The molecule has 8 heteroatoms. The first-order valence-corrected chi connectivity index (χ1v) is 8.13. The molecule has 1 aromatic rings. The predicted octanol–water partition coefficient (Wildman–Crippen LogP) is 0.00410. The number of hydrogen-bond acceptors (Lipinski definition) is 6. The van der Waals surface area contributed by atoms with Crippen LogP contribution in [0.4, 0.5) is 5.82 Å². The Kier molecular flexibility index (Phi) is 7.03. The topological polar surface area (TPSA) is 74.8 Å². The minimum atomic E-state index is -3.42. The van der Waals surface area contributed by atoms with Crippen LogP contribution < -0.4 is 10.2 Å². The van der Waals surface area contributed by atoms with Crippen molar-refractivity contribution < 1.29 is 13.2 Å². The van der Waals surface area contributed by atoms with Crippen LogP contribution in [0.1, 0.15) is 0 Å². The molecule has 0 radical (unpaired) electrons. The van der Waals surface area contributed by atoms with Gasteiger partial charge in [0.1, 0.15) is 10.7 Å². The van der Waals surface area contributed by atoms with Gasteiger partial charge in [0.25, 0.3) is 0 Å². The number of hydrogen-bond donors (Lipinski definition) is 1. The molecule has 0 unspecified atom stereocenters. The van der Waals surface area contributed by atoms with Crippen molar-refractivity contribution >= 4 is 15.8 Å². The summed E-state index contributed by atoms with van der Waals surface area (Å²) in [6.07, 6.45) is 1.39. The average Bonchev–Trinajstić information content (AvgIpc) is 2.46. The minimum Gasteiger partial charge on any atom is -0.383 e. The van der Waals surface area contributed by atoms with Crippen LogP contribution in [0.2, 0.25) is 0 Å². The molecule has 0 amide bonds. The van der Waals surface area contributed by atoms with E-state index >= 15 is 0 Å². The molecule has 1 rings (SSSR count). The maximum absolute atomic E-state index is 11.9. The summed E-state index contributed by atoms with van der Waals surface area (Å²) in [7, 11) is 3.17. The second kappa shape index (κ2) is 8.28. The number of methoxy groups -OCH3 is 1. The van der Waals surface area contributed by atoms with Crippen LogP contribution in [0.25, 0.3) is 0 Å². The van der Waals surface area contributed by atoms with E-state index in [2.05, 4.69) is 10.3 Å². The molecule has 0 spiro atoms. The number of nitrogens with zero attached hydrogens (tertiary/aromatic N) is 3. The SMILES string of the molecule is COCCNCCN(C)c1ccc(S(=O)(=O)N(C)C)cn1. The molecule has 21 heavy (non-hydrogen) atoms. The van der Waals surface area contributed by atoms with Gasteiger partial charge in [0.2, 0.25) is 10.0 Å². The number of pyridine rings is 1. The number of likely N-dealkylation sites (N-methyl/N-ethyl adjacent to an activating group) is 1. The smallest absolute Gasteiger partial charge is 0.244 e. The molecule has 1 N–H and O–H groups in total. The Morgan fingerprint density at radius 1 is 1.24 bits per heavy atom. The highest BCUT2D eigenvalue weighted by molar-refractivity contribution is 7.89. The van der Waals surface area contributed by atoms with Gasteiger partial charge in [0.05, 0.1) is 6.61 Å². The zero-order chi connectivity index (χ0) is 15.9. The van der Waals surface area contributed by atoms with Crippen LogP contribution in [0.15, 0.2) is 23.2 Å². The lowest BCUT2D eigenvalue weighted by Gasteiger charge is -2.19. The normalized spacial score (nSPS) is 11.9. The molecule has 0 saturated heterocycles. The van der Waals surface area contributed by atoms with E-state index in [0.717, 1.165) is 25.5 Å². The van der Waals surface area contributed by atoms with Crippen molar-refractivity contribution in [2.24, 2.45) is 0 Å². The van der Waals surface area contributed by atoms with Crippen molar-refractivity contribution in [2.45, 2.75) is 4.90 Å². The second-order valence-electron chi connectivity index (χ2n) is 4.80. The van der Waals surface area contributed by atoms with Crippen molar-refractivity contribution in [1.29, 1.82) is 0 Å². The van der Waals surface area contributed by atoms with Gasteiger partial charge < -0.3 is 15.0 Å². The van der Waals surface area contributed by atoms with E-state index in [0.29, 0.717) is 6.61 Å². The summed E-state index contributed by atoms with van der Waals surface area (Å²) in [4.78, 5) is 6.37. The Hall–Kier alpha value is -1.22. The summed E-state index contributed by atoms with van der Waals surface area (Å²) in [6, 6.07) is 3.29. The molecule has 0 fully saturated rings. The van der Waals surface area contributed by atoms with Crippen LogP contribution in [0.5, 0.6) is 0 Å². The lowest BCUT2D eigenvalue weighted by Crippen LogP contribution is -2.31. The van der Waals surface area contributed by atoms with Gasteiger partial charge in [-0.2, -0.15) is 0 Å². The fraction of sp³-hybridized carbons (Fsp3) is 0.615. The van der Waals surface area contributed by atoms with Gasteiger partial charge in [-0.25, -0.2) is 17.7 Å². The van der Waals surface area contributed by atoms with E-state index in [1.807, 2.05) is 11.9 Å². The number of anilines is 1. The summed E-state index contributed by atoms with van der Waals surface area (Å²) in [6.45, 7) is 3.06. The molecule has 0 aliphatic rings. The molecule has 1 aromatic heterocycles. The molecule has 0 atom stereocenters. The molecule has 1 heterocycles. The number of rotatable bonds is 9. The first kappa shape index (κ1) is 17.8. The molecule has 0 aliphatic carbocycles. The summed E-state index contributed by atoms with van der Waals surface area (Å²) >= 11 is 0. The Balaban J connectivity index is 2.58. The van der Waals surface area contributed by atoms with Crippen LogP contribution in [-0.4, -0.2) is 72.2 Å². The molecular formula is C13H24N4O3S. The van der Waals surface area contributed by atoms with Crippen LogP contribution >= 0.6 is 0 Å². The van der Waals surface area contributed by atoms with Crippen molar-refractivity contribution in [2.75, 3.05) is 59.4 Å². The number of aromatic nitrogens is 1. The van der Waals surface area contributed by atoms with Gasteiger partial charge in [-0.3, -0.25) is 0 Å². The van der Waals surface area contributed by atoms with Crippen LogP contribution in [0.3, 0.4) is 0 Å². The Morgan fingerprint density at radius 2 is 1.95 bits per heavy atom. The zero-order valence-corrected chi connectivity index (χ0v) is 13.9. The molecular weight excluding hydrogens is 292 g/mol. The fourth-order valence-electron chi connectivity index (χ4n) is 1.62. The Labute approximate surface area is 127 Å². The predicted molar refractivity (Wildman–Crippen MR) is 83.1 cm³/mol. The highest BCUT2D eigenvalue weighted by atomic mass is 32.2. The highest BCUT2D eigenvalue weighted by Gasteiger charge is 2.17. The number of ether oxygens (including phenoxy) is 1. The van der Waals surface area contributed by atoms with E-state index in [-0.39, 0.29) is 4.90 Å². The first-order chi connectivity index (χ1) is 9.89. The van der Waals surface area contributed by atoms with E-state index in [1.54, 1.807) is 19.2 Å². The highest BCUT2D eigenvalue weighted by Crippen LogP contribution is 2.15. The van der Waals surface area contributed by atoms with E-state index in [9.17, 15) is 8.42 Å². The van der Waals surface area contributed by atoms with Gasteiger partial charge in [-0.15, -0.1) is 0 Å². The summed E-state index contributed by atoms with van der Waals surface area (Å²) in [5.74, 6) is 0.737. The lowest BCUT2D eigenvalue weighted by atomic mass is 10.4. The van der Waals surface area contributed by atoms with Gasteiger partial charge in [0.15, 0.2) is 0 Å². The maximum Gasteiger partial charge on any atom is 0.244 e. The molecule has 0 bridgehead atoms. The zero-order valence-electron chi connectivity index (χ0n) is 13.0. The third kappa shape index (κ3) is 5.24. The standard InChI is InChI=1S/C13H24N4O3S/c1-16(2)21(18,19)12-5-6-13(15-11-12)17(3)9-7-14-8-10-20-4/h5-6,11,14H,7-10H2,1-4H3. The third-order valence-electron chi connectivity index (χ3n) is 3.00. The van der Waals surface area contributed by atoms with E-state index < -0.39 is 10.0 Å². The average molecular weight is 316 g/mol. The third-order valence-corrected chi connectivity index (χ3v) is 4.80. The van der Waals surface area contributed by atoms with Crippen molar-refractivity contribution in [1.82, 2.24) is 14.6 Å². The number of nitrogens with one attached hydrogen (secondary N) is 1. The summed E-state index contributed by atoms with van der Waals surface area (Å²) in [5, 5.41) is 3.24. The molecule has 7 nitrogen and oxygen atoms in total. The number of sulfonamides is 1. The van der Waals surface area contributed by atoms with Crippen LogP contribution in [-0.2, 0) is 14.8 Å². The molecule has 0 saturated carbocycles. The van der Waals surface area contributed by atoms with Crippen molar-refractivity contribution in [3.63, 3.8) is 0 Å². The lowest BCUT2D eigenvalue weighted by molar-refractivity contribution is 0.200. The fourth-order valence-corrected chi connectivity index (χ4v) is 2.47. The molecule has 120 valence electrons. The summed E-state index contributed by atoms with van der Waals surface area (Å²) in [5.41, 5.74) is 0. The van der Waals surface area contributed by atoms with E-state index in [1.165, 1.54) is 24.6 Å². The maximum atomic E-state index is 11.9. The first-order valence-electron chi connectivity index (χ1n) is 6.69. The largest absolute Gasteiger partial charge is 0.383 e. The van der Waals surface area contributed by atoms with Crippen LogP contribution in [0, 0.1) is 0 Å². The Bertz CT molecular complexity index is 517.